The van der Waals surface area contributed by atoms with Crippen LogP contribution in [-0.4, -0.2) is 34.3 Å². The lowest BCUT2D eigenvalue weighted by atomic mass is 10.2. The Morgan fingerprint density at radius 1 is 1.04 bits per heavy atom. The highest BCUT2D eigenvalue weighted by Crippen LogP contribution is 2.20. The molecule has 0 spiro atoms. The predicted molar refractivity (Wildman–Crippen MR) is 90.0 cm³/mol. The number of unbranched alkanes of at least 4 members (excludes halogenated alkanes) is 2. The number of azo groups is 1. The molecule has 2 rings (SSSR count). The summed E-state index contributed by atoms with van der Waals surface area (Å²) in [5, 5.41) is 10.7. The van der Waals surface area contributed by atoms with Crippen LogP contribution in [-0.2, 0) is 0 Å². The van der Waals surface area contributed by atoms with E-state index in [0.717, 1.165) is 19.3 Å². The molecule has 10 heteroatoms. The lowest BCUT2D eigenvalue weighted by molar-refractivity contribution is -0.154. The fraction of sp³-hybridized carbons (Fsp3) is 0.438. The van der Waals surface area contributed by atoms with E-state index < -0.39 is 18.8 Å². The monoisotopic (exact) mass is 368 g/mol. The average molecular weight is 368 g/mol. The van der Waals surface area contributed by atoms with E-state index in [0.29, 0.717) is 12.2 Å². The largest absolute Gasteiger partial charge is 0.454 e. The van der Waals surface area contributed by atoms with Crippen molar-refractivity contribution >= 4 is 17.6 Å². The van der Waals surface area contributed by atoms with E-state index in [-0.39, 0.29) is 11.9 Å². The Morgan fingerprint density at radius 2 is 1.81 bits per heavy atom. The lowest BCUT2D eigenvalue weighted by Gasteiger charge is -2.09. The molecule has 2 aromatic rings. The van der Waals surface area contributed by atoms with Crippen molar-refractivity contribution in [2.24, 2.45) is 10.2 Å². The van der Waals surface area contributed by atoms with Crippen LogP contribution in [0.4, 0.5) is 30.8 Å². The maximum atomic E-state index is 12.3. The molecule has 0 bridgehead atoms. The summed E-state index contributed by atoms with van der Waals surface area (Å²) in [6, 6.07) is 8.35. The minimum absolute atomic E-state index is 0.0929. The Kier molecular flexibility index (Phi) is 7.24. The zero-order chi connectivity index (χ0) is 18.8. The third kappa shape index (κ3) is 7.41. The Balaban J connectivity index is 2.14. The van der Waals surface area contributed by atoms with Gasteiger partial charge in [-0.15, -0.1) is 10.2 Å². The summed E-state index contributed by atoms with van der Waals surface area (Å²) in [6.45, 7) is 1.14. The Morgan fingerprint density at radius 3 is 2.50 bits per heavy atom. The van der Waals surface area contributed by atoms with Gasteiger partial charge in [-0.25, -0.2) is 0 Å². The molecular formula is C16H19F3N6O. The second-order valence-electron chi connectivity index (χ2n) is 5.31. The van der Waals surface area contributed by atoms with Gasteiger partial charge < -0.3 is 10.1 Å². The highest BCUT2D eigenvalue weighted by atomic mass is 19.4. The number of nitrogens with zero attached hydrogens (tertiary/aromatic N) is 5. The van der Waals surface area contributed by atoms with Gasteiger partial charge in [-0.2, -0.15) is 28.1 Å². The van der Waals surface area contributed by atoms with E-state index in [9.17, 15) is 13.2 Å². The van der Waals surface area contributed by atoms with Crippen molar-refractivity contribution in [1.29, 1.82) is 0 Å². The van der Waals surface area contributed by atoms with Crippen molar-refractivity contribution in [2.45, 2.75) is 32.4 Å². The number of hydrogen-bond acceptors (Lipinski definition) is 7. The molecule has 0 radical (unpaired) electrons. The van der Waals surface area contributed by atoms with Crippen molar-refractivity contribution in [2.75, 3.05) is 18.5 Å². The molecule has 1 N–H and O–H groups in total. The molecule has 0 aliphatic heterocycles. The molecule has 0 aliphatic carbocycles. The van der Waals surface area contributed by atoms with Crippen molar-refractivity contribution in [3.63, 3.8) is 0 Å². The first-order chi connectivity index (χ1) is 12.5. The van der Waals surface area contributed by atoms with Gasteiger partial charge >= 0.3 is 12.2 Å². The van der Waals surface area contributed by atoms with Gasteiger partial charge in [0.15, 0.2) is 6.61 Å². The van der Waals surface area contributed by atoms with Crippen LogP contribution >= 0.6 is 0 Å². The smallest absolute Gasteiger partial charge is 0.422 e. The zero-order valence-corrected chi connectivity index (χ0v) is 14.2. The number of alkyl halides is 3. The summed E-state index contributed by atoms with van der Waals surface area (Å²) in [7, 11) is 0. The SMILES string of the molecule is CCCCCNc1nc(N=Nc2ccccc2)nc(OCC(F)(F)F)n1. The van der Waals surface area contributed by atoms with Gasteiger partial charge in [0.25, 0.3) is 5.95 Å². The van der Waals surface area contributed by atoms with Gasteiger partial charge in [0, 0.05) is 6.54 Å². The molecule has 0 saturated carbocycles. The molecule has 0 atom stereocenters. The van der Waals surface area contributed by atoms with Gasteiger partial charge in [0.05, 0.1) is 5.69 Å². The quantitative estimate of drug-likeness (QED) is 0.506. The summed E-state index contributed by atoms with van der Waals surface area (Å²) in [4.78, 5) is 11.6. The summed E-state index contributed by atoms with van der Waals surface area (Å²) >= 11 is 0. The number of hydrogen-bond donors (Lipinski definition) is 1. The minimum atomic E-state index is -4.49. The predicted octanol–water partition coefficient (Wildman–Crippen LogP) is 4.83. The fourth-order valence-corrected chi connectivity index (χ4v) is 1.85. The first-order valence-electron chi connectivity index (χ1n) is 8.12. The number of benzene rings is 1. The highest BCUT2D eigenvalue weighted by molar-refractivity contribution is 5.36. The van der Waals surface area contributed by atoms with E-state index >= 15 is 0 Å². The van der Waals surface area contributed by atoms with E-state index in [4.69, 9.17) is 0 Å². The summed E-state index contributed by atoms with van der Waals surface area (Å²) in [6.07, 6.45) is -1.57. The van der Waals surface area contributed by atoms with Gasteiger partial charge in [0.2, 0.25) is 5.95 Å². The van der Waals surface area contributed by atoms with Crippen LogP contribution in [0, 0.1) is 0 Å². The van der Waals surface area contributed by atoms with Crippen molar-refractivity contribution in [3.05, 3.63) is 30.3 Å². The van der Waals surface area contributed by atoms with Crippen molar-refractivity contribution < 1.29 is 17.9 Å². The van der Waals surface area contributed by atoms with Crippen LogP contribution in [0.15, 0.2) is 40.6 Å². The van der Waals surface area contributed by atoms with Crippen LogP contribution in [0.1, 0.15) is 26.2 Å². The lowest BCUT2D eigenvalue weighted by Crippen LogP contribution is -2.20. The van der Waals surface area contributed by atoms with Crippen molar-refractivity contribution in [3.8, 4) is 6.01 Å². The van der Waals surface area contributed by atoms with Gasteiger partial charge in [0.1, 0.15) is 0 Å². The molecule has 140 valence electrons. The normalized spacial score (nSPS) is 11.7. The third-order valence-electron chi connectivity index (χ3n) is 3.04. The average Bonchev–Trinajstić information content (AvgIpc) is 2.62. The van der Waals surface area contributed by atoms with E-state index in [2.05, 4.69) is 42.2 Å². The molecule has 0 unspecified atom stereocenters. The molecule has 0 amide bonds. The summed E-state index contributed by atoms with van der Waals surface area (Å²) in [5.74, 6) is -0.0469. The Labute approximate surface area is 148 Å². The van der Waals surface area contributed by atoms with E-state index in [1.54, 1.807) is 24.3 Å². The standard InChI is InChI=1S/C16H19F3N6O/c1-2-3-7-10-20-13-21-14(25-24-12-8-5-4-6-9-12)23-15(22-13)26-11-16(17,18)19/h4-6,8-9H,2-3,7,10-11H2,1H3,(H,20,21,22,23). The number of rotatable bonds is 9. The second kappa shape index (κ2) is 9.64. The van der Waals surface area contributed by atoms with E-state index in [1.807, 2.05) is 6.07 Å². The molecule has 0 fully saturated rings. The van der Waals surface area contributed by atoms with Crippen molar-refractivity contribution in [1.82, 2.24) is 15.0 Å². The maximum absolute atomic E-state index is 12.3. The number of ether oxygens (including phenoxy) is 1. The van der Waals surface area contributed by atoms with Crippen LogP contribution in [0.2, 0.25) is 0 Å². The third-order valence-corrected chi connectivity index (χ3v) is 3.04. The number of anilines is 1. The maximum Gasteiger partial charge on any atom is 0.422 e. The minimum Gasteiger partial charge on any atom is -0.454 e. The Hall–Kier alpha value is -2.78. The molecule has 0 saturated heterocycles. The van der Waals surface area contributed by atoms with E-state index in [1.165, 1.54) is 0 Å². The number of nitrogens with one attached hydrogen (secondary N) is 1. The van der Waals surface area contributed by atoms with Crippen LogP contribution < -0.4 is 10.1 Å². The number of halogens is 3. The molecule has 7 nitrogen and oxygen atoms in total. The summed E-state index contributed by atoms with van der Waals surface area (Å²) < 4.78 is 41.6. The first kappa shape index (κ1) is 19.5. The van der Waals surface area contributed by atoms with Gasteiger partial charge in [-0.1, -0.05) is 38.0 Å². The first-order valence-corrected chi connectivity index (χ1v) is 8.12. The molecule has 1 aromatic heterocycles. The van der Waals surface area contributed by atoms with Gasteiger partial charge in [-0.3, -0.25) is 0 Å². The molecular weight excluding hydrogens is 349 g/mol. The highest BCUT2D eigenvalue weighted by Gasteiger charge is 2.29. The second-order valence-corrected chi connectivity index (χ2v) is 5.31. The molecule has 1 aromatic carbocycles. The van der Waals surface area contributed by atoms with Crippen LogP contribution in [0.25, 0.3) is 0 Å². The zero-order valence-electron chi connectivity index (χ0n) is 14.2. The topological polar surface area (TPSA) is 84.7 Å². The number of aromatic nitrogens is 3. The van der Waals surface area contributed by atoms with Crippen LogP contribution in [0.3, 0.4) is 0 Å². The molecule has 0 aliphatic rings. The van der Waals surface area contributed by atoms with Gasteiger partial charge in [-0.05, 0) is 18.6 Å². The van der Waals surface area contributed by atoms with Crippen LogP contribution in [0.5, 0.6) is 6.01 Å². The Bertz CT molecular complexity index is 709. The summed E-state index contributed by atoms with van der Waals surface area (Å²) in [5.41, 5.74) is 0.558. The molecule has 26 heavy (non-hydrogen) atoms. The molecule has 1 heterocycles. The fourth-order valence-electron chi connectivity index (χ4n) is 1.85.